The monoisotopic (exact) mass is 443 g/mol. The number of hydrogen-bond acceptors (Lipinski definition) is 3. The number of thioether (sulfide) groups is 1. The Labute approximate surface area is 151 Å². The summed E-state index contributed by atoms with van der Waals surface area (Å²) in [6.45, 7) is 0. The molecule has 0 atom stereocenters. The zero-order valence-corrected chi connectivity index (χ0v) is 15.9. The average Bonchev–Trinajstić information content (AvgIpc) is 2.51. The Balaban J connectivity index is 1.81. The van der Waals surface area contributed by atoms with Crippen LogP contribution in [-0.2, 0) is 4.79 Å². The normalized spacial score (nSPS) is 10.3. The minimum Gasteiger partial charge on any atom is -0.497 e. The highest BCUT2D eigenvalue weighted by Gasteiger charge is 2.06. The number of nitrogens with one attached hydrogen (secondary N) is 1. The lowest BCUT2D eigenvalue weighted by molar-refractivity contribution is -0.115. The van der Waals surface area contributed by atoms with Crippen LogP contribution in [-0.4, -0.2) is 18.8 Å². The van der Waals surface area contributed by atoms with E-state index in [0.29, 0.717) is 6.42 Å². The van der Waals surface area contributed by atoms with E-state index >= 15 is 0 Å². The molecule has 0 aliphatic rings. The number of hydrogen-bond donors (Lipinski definition) is 1. The summed E-state index contributed by atoms with van der Waals surface area (Å²) in [5.41, 5.74) is 0.772. The number of anilines is 1. The Hall–Kier alpha value is -0.980. The van der Waals surface area contributed by atoms with Gasteiger partial charge in [-0.3, -0.25) is 4.79 Å². The lowest BCUT2D eigenvalue weighted by Gasteiger charge is -2.08. The van der Waals surface area contributed by atoms with Gasteiger partial charge in [0.05, 0.1) is 12.8 Å². The lowest BCUT2D eigenvalue weighted by atomic mass is 10.3. The van der Waals surface area contributed by atoms with E-state index in [1.165, 1.54) is 0 Å². The highest BCUT2D eigenvalue weighted by Crippen LogP contribution is 2.27. The number of ether oxygens (including phenoxy) is 1. The Morgan fingerprint density at radius 3 is 2.59 bits per heavy atom. The standard InChI is InChI=1S/C16H15Br2NO2S/c1-21-12-3-5-13(6-4-12)22-9-8-16(20)19-15-10-11(17)2-7-14(15)18/h2-7,10H,8-9H2,1H3,(H,19,20). The van der Waals surface area contributed by atoms with Gasteiger partial charge in [-0.25, -0.2) is 0 Å². The summed E-state index contributed by atoms with van der Waals surface area (Å²) < 4.78 is 6.91. The van der Waals surface area contributed by atoms with Crippen molar-refractivity contribution in [3.05, 3.63) is 51.4 Å². The second-order valence-electron chi connectivity index (χ2n) is 4.45. The molecule has 0 fully saturated rings. The van der Waals surface area contributed by atoms with Crippen molar-refractivity contribution in [2.75, 3.05) is 18.2 Å². The molecular weight excluding hydrogens is 430 g/mol. The summed E-state index contributed by atoms with van der Waals surface area (Å²) in [4.78, 5) is 13.1. The topological polar surface area (TPSA) is 38.3 Å². The number of carbonyl (C=O) groups is 1. The molecule has 2 rings (SSSR count). The maximum atomic E-state index is 12.0. The first-order valence-electron chi connectivity index (χ1n) is 6.60. The molecule has 3 nitrogen and oxygen atoms in total. The van der Waals surface area contributed by atoms with Crippen molar-refractivity contribution in [1.82, 2.24) is 0 Å². The molecule has 0 spiro atoms. The van der Waals surface area contributed by atoms with Gasteiger partial charge in [0.15, 0.2) is 0 Å². The van der Waals surface area contributed by atoms with Crippen LogP contribution in [0, 0.1) is 0 Å². The molecule has 2 aromatic carbocycles. The van der Waals surface area contributed by atoms with Crippen LogP contribution in [0.25, 0.3) is 0 Å². The first-order valence-corrected chi connectivity index (χ1v) is 9.17. The van der Waals surface area contributed by atoms with Crippen molar-refractivity contribution in [3.63, 3.8) is 0 Å². The summed E-state index contributed by atoms with van der Waals surface area (Å²) in [5, 5.41) is 2.91. The number of amides is 1. The minimum absolute atomic E-state index is 0.000174. The minimum atomic E-state index is -0.000174. The van der Waals surface area contributed by atoms with E-state index in [-0.39, 0.29) is 5.91 Å². The molecule has 0 heterocycles. The second-order valence-corrected chi connectivity index (χ2v) is 7.38. The van der Waals surface area contributed by atoms with Gasteiger partial charge in [-0.2, -0.15) is 0 Å². The van der Waals surface area contributed by atoms with Crippen LogP contribution >= 0.6 is 43.6 Å². The predicted molar refractivity (Wildman–Crippen MR) is 98.8 cm³/mol. The SMILES string of the molecule is COc1ccc(SCCC(=O)Nc2cc(Br)ccc2Br)cc1. The quantitative estimate of drug-likeness (QED) is 0.611. The number of methoxy groups -OCH3 is 1. The Kier molecular flexibility index (Phi) is 6.79. The van der Waals surface area contributed by atoms with Crippen LogP contribution in [0.1, 0.15) is 6.42 Å². The van der Waals surface area contributed by atoms with Crippen LogP contribution < -0.4 is 10.1 Å². The Morgan fingerprint density at radius 1 is 1.18 bits per heavy atom. The predicted octanol–water partition coefficient (Wildman–Crippen LogP) is 5.34. The summed E-state index contributed by atoms with van der Waals surface area (Å²) in [6.07, 6.45) is 0.454. The molecule has 116 valence electrons. The zero-order chi connectivity index (χ0) is 15.9. The van der Waals surface area contributed by atoms with E-state index in [1.807, 2.05) is 42.5 Å². The van der Waals surface area contributed by atoms with E-state index in [1.54, 1.807) is 18.9 Å². The van der Waals surface area contributed by atoms with Crippen LogP contribution in [0.2, 0.25) is 0 Å². The smallest absolute Gasteiger partial charge is 0.225 e. The van der Waals surface area contributed by atoms with Gasteiger partial charge < -0.3 is 10.1 Å². The fourth-order valence-electron chi connectivity index (χ4n) is 1.74. The molecule has 0 saturated carbocycles. The highest BCUT2D eigenvalue weighted by molar-refractivity contribution is 9.11. The van der Waals surface area contributed by atoms with Gasteiger partial charge in [0, 0.05) is 26.0 Å². The molecule has 0 radical (unpaired) electrons. The fourth-order valence-corrected chi connectivity index (χ4v) is 3.30. The molecule has 0 aromatic heterocycles. The first kappa shape index (κ1) is 17.4. The summed E-state index contributed by atoms with van der Waals surface area (Å²) in [6, 6.07) is 13.5. The van der Waals surface area contributed by atoms with E-state index in [2.05, 4.69) is 37.2 Å². The lowest BCUT2D eigenvalue weighted by Crippen LogP contribution is -2.12. The summed E-state index contributed by atoms with van der Waals surface area (Å²) in [5.74, 6) is 1.56. The van der Waals surface area contributed by atoms with Crippen molar-refractivity contribution >= 4 is 55.2 Å². The first-order chi connectivity index (χ1) is 10.6. The average molecular weight is 445 g/mol. The molecule has 1 amide bonds. The summed E-state index contributed by atoms with van der Waals surface area (Å²) in [7, 11) is 1.65. The molecule has 0 unspecified atom stereocenters. The molecule has 0 bridgehead atoms. The molecule has 6 heteroatoms. The number of carbonyl (C=O) groups excluding carboxylic acids is 1. The molecule has 2 aromatic rings. The van der Waals surface area contributed by atoms with E-state index in [0.717, 1.165) is 31.0 Å². The van der Waals surface area contributed by atoms with Crippen molar-refractivity contribution in [1.29, 1.82) is 0 Å². The van der Waals surface area contributed by atoms with Crippen molar-refractivity contribution < 1.29 is 9.53 Å². The molecule has 0 aliphatic heterocycles. The van der Waals surface area contributed by atoms with Gasteiger partial charge in [-0.05, 0) is 58.4 Å². The van der Waals surface area contributed by atoms with E-state index in [9.17, 15) is 4.79 Å². The molecule has 0 aliphatic carbocycles. The summed E-state index contributed by atoms with van der Waals surface area (Å²) >= 11 is 8.47. The molecule has 22 heavy (non-hydrogen) atoms. The van der Waals surface area contributed by atoms with Gasteiger partial charge in [-0.1, -0.05) is 15.9 Å². The second kappa shape index (κ2) is 8.60. The Morgan fingerprint density at radius 2 is 1.91 bits per heavy atom. The Bertz CT molecular complexity index is 647. The third kappa shape index (κ3) is 5.34. The highest BCUT2D eigenvalue weighted by atomic mass is 79.9. The third-order valence-electron chi connectivity index (χ3n) is 2.86. The van der Waals surface area contributed by atoms with E-state index in [4.69, 9.17) is 4.74 Å². The molecule has 0 saturated heterocycles. The number of benzene rings is 2. The number of rotatable bonds is 6. The largest absolute Gasteiger partial charge is 0.497 e. The maximum Gasteiger partial charge on any atom is 0.225 e. The van der Waals surface area contributed by atoms with Gasteiger partial charge >= 0.3 is 0 Å². The van der Waals surface area contributed by atoms with Crippen molar-refractivity contribution in [2.24, 2.45) is 0 Å². The molecular formula is C16H15Br2NO2S. The third-order valence-corrected chi connectivity index (χ3v) is 5.06. The van der Waals surface area contributed by atoms with Crippen LogP contribution in [0.3, 0.4) is 0 Å². The maximum absolute atomic E-state index is 12.0. The van der Waals surface area contributed by atoms with Gasteiger partial charge in [0.1, 0.15) is 5.75 Å². The van der Waals surface area contributed by atoms with Gasteiger partial charge in [0.25, 0.3) is 0 Å². The van der Waals surface area contributed by atoms with Gasteiger partial charge in [-0.15, -0.1) is 11.8 Å². The van der Waals surface area contributed by atoms with Crippen LogP contribution in [0.5, 0.6) is 5.75 Å². The molecule has 1 N–H and O–H groups in total. The van der Waals surface area contributed by atoms with Crippen molar-refractivity contribution in [3.8, 4) is 5.75 Å². The van der Waals surface area contributed by atoms with Gasteiger partial charge in [0.2, 0.25) is 5.91 Å². The van der Waals surface area contributed by atoms with Crippen molar-refractivity contribution in [2.45, 2.75) is 11.3 Å². The van der Waals surface area contributed by atoms with Crippen LogP contribution in [0.4, 0.5) is 5.69 Å². The fraction of sp³-hybridized carbons (Fsp3) is 0.188. The zero-order valence-electron chi connectivity index (χ0n) is 11.9. The van der Waals surface area contributed by atoms with Crippen LogP contribution in [0.15, 0.2) is 56.3 Å². The number of halogens is 2. The van der Waals surface area contributed by atoms with E-state index < -0.39 is 0 Å².